The molecule has 0 aromatic heterocycles. The quantitative estimate of drug-likeness (QED) is 0.145. The monoisotopic (exact) mass is 668 g/mol. The van der Waals surface area contributed by atoms with Gasteiger partial charge < -0.3 is 20.3 Å². The molecule has 6 rings (SSSR count). The van der Waals surface area contributed by atoms with E-state index in [1.54, 1.807) is 24.6 Å². The molecule has 3 heteroatoms. The number of Topliss-reactive ketones (excluding diaryl/α,β-unsaturated/α-hetero) is 1. The van der Waals surface area contributed by atoms with Gasteiger partial charge in [0.25, 0.3) is 0 Å². The molecule has 0 saturated heterocycles. The number of ketones is 1. The van der Waals surface area contributed by atoms with Crippen LogP contribution in [-0.2, 0) is 17.6 Å². The van der Waals surface area contributed by atoms with Crippen LogP contribution in [0.15, 0.2) is 96.6 Å². The van der Waals surface area contributed by atoms with Crippen molar-refractivity contribution < 1.29 is 60.6 Å². The standard InChI is InChI=1S/C25H27.C10H14O.C7H7F.C3H6.K/c1-5-21-16-24-19(4)9-7-8-10-23(25(24)17-22(21)6-2)15-20-13-11-18(3)12-14-20;1-7(9-3-4-9)10(5-6-10)8(2)11;1-6-2-4-7(8)5-3-6;1-3-2;/h7-8,10-14,16-17,19H,2,5,9,15H2,1,3-4H3;3-6H2,1-2H3;2-5H,1H3;1-3H2;/q-1;;;-2;+1/b8-7+,23-10-;;;;. The Labute approximate surface area is 334 Å². The molecule has 3 aliphatic rings. The smallest absolute Gasteiger partial charge is 0.372 e. The van der Waals surface area contributed by atoms with Gasteiger partial charge >= 0.3 is 51.4 Å². The summed E-state index contributed by atoms with van der Waals surface area (Å²) in [6.07, 6.45) is 18.5. The SMILES string of the molecule is C=[C-]c1cc2c(cc1CC)C(C)C/C=C/C=C\2Cc1ccc(C)cc1.CC(=O)C1(C(C)=C2CC2)CC1.Cc1ccc(F)cc1.[CH2-]C[CH2-].[K+]. The van der Waals surface area contributed by atoms with Crippen molar-refractivity contribution in [2.24, 2.45) is 5.41 Å². The van der Waals surface area contributed by atoms with Gasteiger partial charge in [-0.15, -0.1) is 11.6 Å². The summed E-state index contributed by atoms with van der Waals surface area (Å²) in [5, 5.41) is 0. The molecule has 2 saturated carbocycles. The first-order valence-corrected chi connectivity index (χ1v) is 17.1. The maximum atomic E-state index is 12.1. The summed E-state index contributed by atoms with van der Waals surface area (Å²) in [5.41, 5.74) is 13.4. The van der Waals surface area contributed by atoms with Crippen molar-refractivity contribution in [1.29, 1.82) is 0 Å². The van der Waals surface area contributed by atoms with E-state index in [9.17, 15) is 9.18 Å². The largest absolute Gasteiger partial charge is 1.00 e. The van der Waals surface area contributed by atoms with Gasteiger partial charge in [0.05, 0.1) is 0 Å². The average molecular weight is 669 g/mol. The van der Waals surface area contributed by atoms with Crippen LogP contribution in [0.2, 0.25) is 0 Å². The minimum absolute atomic E-state index is 0. The number of hydrogen-bond acceptors (Lipinski definition) is 1. The molecule has 1 nitrogen and oxygen atoms in total. The van der Waals surface area contributed by atoms with Crippen molar-refractivity contribution in [2.45, 2.75) is 98.8 Å². The summed E-state index contributed by atoms with van der Waals surface area (Å²) in [6, 6.07) is 20.0. The zero-order valence-corrected chi connectivity index (χ0v) is 33.8. The van der Waals surface area contributed by atoms with Gasteiger partial charge in [0, 0.05) is 5.41 Å². The van der Waals surface area contributed by atoms with Gasteiger partial charge in [0.15, 0.2) is 0 Å². The van der Waals surface area contributed by atoms with Crippen molar-refractivity contribution in [3.05, 3.63) is 161 Å². The number of carbonyl (C=O) groups is 1. The maximum Gasteiger partial charge on any atom is 1.00 e. The fourth-order valence-electron chi connectivity index (χ4n) is 6.00. The second-order valence-electron chi connectivity index (χ2n) is 13.1. The number of hydrogen-bond donors (Lipinski definition) is 0. The number of rotatable bonds is 6. The second kappa shape index (κ2) is 20.5. The van der Waals surface area contributed by atoms with E-state index >= 15 is 0 Å². The van der Waals surface area contributed by atoms with Crippen LogP contribution in [0.4, 0.5) is 4.39 Å². The first-order chi connectivity index (χ1) is 22.5. The molecule has 0 radical (unpaired) electrons. The molecule has 0 amide bonds. The van der Waals surface area contributed by atoms with Crippen molar-refractivity contribution in [2.75, 3.05) is 0 Å². The molecular weight excluding hydrogens is 615 g/mol. The molecule has 0 spiro atoms. The van der Waals surface area contributed by atoms with E-state index in [1.165, 1.54) is 63.9 Å². The Morgan fingerprint density at radius 3 is 2.00 bits per heavy atom. The van der Waals surface area contributed by atoms with Crippen LogP contribution in [0.5, 0.6) is 0 Å². The fraction of sp³-hybridized carbons (Fsp3) is 0.356. The zero-order chi connectivity index (χ0) is 34.6. The number of halogens is 1. The molecule has 48 heavy (non-hydrogen) atoms. The van der Waals surface area contributed by atoms with E-state index in [-0.39, 0.29) is 62.6 Å². The average Bonchev–Trinajstić information content (AvgIpc) is 3.99. The van der Waals surface area contributed by atoms with Gasteiger partial charge in [-0.1, -0.05) is 108 Å². The van der Waals surface area contributed by atoms with Crippen LogP contribution in [0, 0.1) is 45.0 Å². The summed E-state index contributed by atoms with van der Waals surface area (Å²) in [4.78, 5) is 11.3. The van der Waals surface area contributed by atoms with Gasteiger partial charge in [-0.05, 0) is 95.4 Å². The van der Waals surface area contributed by atoms with Gasteiger partial charge in [-0.3, -0.25) is 4.79 Å². The van der Waals surface area contributed by atoms with Crippen LogP contribution in [0.25, 0.3) is 5.57 Å². The van der Waals surface area contributed by atoms with Crippen LogP contribution in [-0.4, -0.2) is 5.78 Å². The third-order valence-electron chi connectivity index (χ3n) is 9.34. The van der Waals surface area contributed by atoms with Crippen molar-refractivity contribution in [3.8, 4) is 0 Å². The van der Waals surface area contributed by atoms with E-state index in [2.05, 4.69) is 109 Å². The first kappa shape index (κ1) is 42.0. The Bertz CT molecular complexity index is 1560. The van der Waals surface area contributed by atoms with Crippen LogP contribution in [0.3, 0.4) is 0 Å². The van der Waals surface area contributed by atoms with Gasteiger partial charge in [-0.2, -0.15) is 24.3 Å². The fourth-order valence-corrected chi connectivity index (χ4v) is 6.00. The maximum absolute atomic E-state index is 12.1. The normalized spacial score (nSPS) is 18.0. The summed E-state index contributed by atoms with van der Waals surface area (Å²) in [6.45, 7) is 23.1. The predicted molar refractivity (Wildman–Crippen MR) is 200 cm³/mol. The molecule has 3 aromatic carbocycles. The summed E-state index contributed by atoms with van der Waals surface area (Å²) < 4.78 is 12.1. The Morgan fingerprint density at radius 2 is 1.54 bits per heavy atom. The van der Waals surface area contributed by atoms with Crippen LogP contribution >= 0.6 is 0 Å². The Balaban J connectivity index is 0.000000285. The molecule has 250 valence electrons. The van der Waals surface area contributed by atoms with Gasteiger partial charge in [0.1, 0.15) is 11.6 Å². The zero-order valence-electron chi connectivity index (χ0n) is 30.6. The van der Waals surface area contributed by atoms with E-state index in [0.717, 1.165) is 49.7 Å². The van der Waals surface area contributed by atoms with Crippen LogP contribution < -0.4 is 51.4 Å². The molecule has 1 atom stereocenters. The molecular formula is C45H54FKO-2. The van der Waals surface area contributed by atoms with Crippen molar-refractivity contribution >= 4 is 11.4 Å². The number of carbonyl (C=O) groups excluding carboxylic acids is 1. The minimum Gasteiger partial charge on any atom is -0.372 e. The van der Waals surface area contributed by atoms with Crippen LogP contribution in [0.1, 0.15) is 111 Å². The van der Waals surface area contributed by atoms with E-state index in [0.29, 0.717) is 11.7 Å². The Morgan fingerprint density at radius 1 is 0.979 bits per heavy atom. The number of fused-ring (bicyclic) bond motifs is 1. The van der Waals surface area contributed by atoms with Gasteiger partial charge in [-0.25, -0.2) is 4.39 Å². The first-order valence-electron chi connectivity index (χ1n) is 17.1. The predicted octanol–water partition coefficient (Wildman–Crippen LogP) is 9.23. The summed E-state index contributed by atoms with van der Waals surface area (Å²) in [7, 11) is 0. The molecule has 1 unspecified atom stereocenters. The molecule has 3 aliphatic carbocycles. The molecule has 3 aromatic rings. The second-order valence-corrected chi connectivity index (χ2v) is 13.1. The summed E-state index contributed by atoms with van der Waals surface area (Å²) >= 11 is 0. The van der Waals surface area contributed by atoms with E-state index < -0.39 is 0 Å². The Hall–Kier alpha value is -2.14. The van der Waals surface area contributed by atoms with Gasteiger partial charge in [0.2, 0.25) is 0 Å². The number of allylic oxidation sites excluding steroid dienone is 6. The Kier molecular flexibility index (Phi) is 18.0. The number of benzene rings is 3. The van der Waals surface area contributed by atoms with E-state index in [1.807, 2.05) is 6.92 Å². The third-order valence-corrected chi connectivity index (χ3v) is 9.34. The molecule has 0 bridgehead atoms. The van der Waals surface area contributed by atoms with Crippen molar-refractivity contribution in [1.82, 2.24) is 0 Å². The third kappa shape index (κ3) is 12.3. The van der Waals surface area contributed by atoms with Crippen molar-refractivity contribution in [3.63, 3.8) is 0 Å². The molecule has 0 aliphatic heterocycles. The minimum atomic E-state index is -0.171. The van der Waals surface area contributed by atoms with E-state index in [4.69, 9.17) is 0 Å². The summed E-state index contributed by atoms with van der Waals surface area (Å²) in [5.74, 6) is 0.738. The number of aryl methyl sites for hydroxylation is 3. The molecule has 0 N–H and O–H groups in total. The topological polar surface area (TPSA) is 17.1 Å². The molecule has 0 heterocycles. The molecule has 2 fully saturated rings.